The second-order valence-electron chi connectivity index (χ2n) is 9.39. The molecule has 1 fully saturated rings. The Kier molecular flexibility index (Phi) is 9.08. The van der Waals surface area contributed by atoms with Crippen LogP contribution in [-0.2, 0) is 11.0 Å². The number of nitrogens with zero attached hydrogens (tertiary/aromatic N) is 2. The molecular weight excluding hydrogens is 432 g/mol. The largest absolute Gasteiger partial charge is 0.419 e. The van der Waals surface area contributed by atoms with E-state index in [1.807, 2.05) is 12.1 Å². The molecule has 0 amide bonds. The van der Waals surface area contributed by atoms with Crippen molar-refractivity contribution in [2.45, 2.75) is 70.4 Å². The quantitative estimate of drug-likeness (QED) is 0.378. The number of carbonyl (C=O) groups is 1. The number of halogens is 4. The number of benzene rings is 1. The number of alkyl halides is 3. The zero-order valence-electron chi connectivity index (χ0n) is 19.0. The molecule has 7 heteroatoms. The lowest BCUT2D eigenvalue weighted by atomic mass is 9.78. The van der Waals surface area contributed by atoms with Gasteiger partial charge in [0.2, 0.25) is 0 Å². The van der Waals surface area contributed by atoms with Gasteiger partial charge in [0, 0.05) is 25.1 Å². The number of nitriles is 1. The third-order valence-electron chi connectivity index (χ3n) is 7.11. The summed E-state index contributed by atoms with van der Waals surface area (Å²) in [7, 11) is 0. The van der Waals surface area contributed by atoms with Crippen molar-refractivity contribution in [3.63, 3.8) is 0 Å². The first-order chi connectivity index (χ1) is 15.8. The smallest absolute Gasteiger partial charge is 0.299 e. The monoisotopic (exact) mass is 464 g/mol. The highest BCUT2D eigenvalue weighted by Crippen LogP contribution is 2.36. The average molecular weight is 465 g/mol. The molecule has 0 radical (unpaired) electrons. The van der Waals surface area contributed by atoms with Gasteiger partial charge in [-0.05, 0) is 49.3 Å². The zero-order valence-corrected chi connectivity index (χ0v) is 19.0. The van der Waals surface area contributed by atoms with Crippen molar-refractivity contribution in [2.75, 3.05) is 19.6 Å². The average Bonchev–Trinajstić information content (AvgIpc) is 2.78. The minimum Gasteiger partial charge on any atom is -0.299 e. The maximum absolute atomic E-state index is 14.4. The molecule has 0 unspecified atom stereocenters. The van der Waals surface area contributed by atoms with Crippen LogP contribution in [0, 0.1) is 29.0 Å². The molecule has 2 aliphatic rings. The maximum Gasteiger partial charge on any atom is 0.419 e. The molecule has 0 N–H and O–H groups in total. The summed E-state index contributed by atoms with van der Waals surface area (Å²) in [6.45, 7) is 2.32. The fourth-order valence-corrected chi connectivity index (χ4v) is 5.10. The summed E-state index contributed by atoms with van der Waals surface area (Å²) in [5.41, 5.74) is -0.478. The van der Waals surface area contributed by atoms with Gasteiger partial charge in [-0.25, -0.2) is 4.39 Å². The van der Waals surface area contributed by atoms with E-state index in [9.17, 15) is 22.4 Å². The van der Waals surface area contributed by atoms with Crippen molar-refractivity contribution in [2.24, 2.45) is 11.8 Å². The van der Waals surface area contributed by atoms with Crippen LogP contribution in [-0.4, -0.2) is 30.3 Å². The Morgan fingerprint density at radius 2 is 1.82 bits per heavy atom. The number of hydrogen-bond donors (Lipinski definition) is 0. The summed E-state index contributed by atoms with van der Waals surface area (Å²) >= 11 is 0. The van der Waals surface area contributed by atoms with Crippen LogP contribution in [0.5, 0.6) is 0 Å². The third-order valence-corrected chi connectivity index (χ3v) is 7.11. The van der Waals surface area contributed by atoms with Gasteiger partial charge in [-0.1, -0.05) is 50.3 Å². The van der Waals surface area contributed by atoms with E-state index < -0.39 is 17.6 Å². The van der Waals surface area contributed by atoms with Gasteiger partial charge in [0.05, 0.1) is 18.1 Å². The summed E-state index contributed by atoms with van der Waals surface area (Å²) in [4.78, 5) is 13.7. The standard InChI is InChI=1S/C26H32F4N2O/c27-25-23(5-2-6-24(25)26(28,29)30)21-13-17-32(18-14-21)16-12-20-9-7-19(8-10-20)3-1-4-22(33)11-15-31/h2,5-6,13,19-20H,1,3-4,7-12,14,16-18H2. The summed E-state index contributed by atoms with van der Waals surface area (Å²) in [5.74, 6) is 0.239. The minimum absolute atomic E-state index is 0.0226. The Labute approximate surface area is 193 Å². The lowest BCUT2D eigenvalue weighted by molar-refractivity contribution is -0.140. The third kappa shape index (κ3) is 7.40. The van der Waals surface area contributed by atoms with Gasteiger partial charge in [0.1, 0.15) is 11.6 Å². The molecule has 1 aliphatic heterocycles. The molecule has 0 aromatic heterocycles. The van der Waals surface area contributed by atoms with Crippen molar-refractivity contribution >= 4 is 11.4 Å². The van der Waals surface area contributed by atoms with Crippen LogP contribution in [0.1, 0.15) is 75.3 Å². The highest BCUT2D eigenvalue weighted by atomic mass is 19.4. The van der Waals surface area contributed by atoms with Gasteiger partial charge in [-0.3, -0.25) is 9.69 Å². The molecule has 1 aliphatic carbocycles. The fourth-order valence-electron chi connectivity index (χ4n) is 5.10. The van der Waals surface area contributed by atoms with E-state index in [0.717, 1.165) is 38.4 Å². The summed E-state index contributed by atoms with van der Waals surface area (Å²) in [6.07, 6.45) is 6.09. The van der Waals surface area contributed by atoms with Crippen molar-refractivity contribution in [3.8, 4) is 6.07 Å². The van der Waals surface area contributed by atoms with E-state index in [1.165, 1.54) is 37.8 Å². The van der Waals surface area contributed by atoms with Crippen LogP contribution in [0.4, 0.5) is 17.6 Å². The topological polar surface area (TPSA) is 44.1 Å². The molecule has 1 saturated carbocycles. The van der Waals surface area contributed by atoms with E-state index in [0.29, 0.717) is 36.8 Å². The van der Waals surface area contributed by atoms with Crippen molar-refractivity contribution < 1.29 is 22.4 Å². The predicted octanol–water partition coefficient (Wildman–Crippen LogP) is 6.78. The normalized spacial score (nSPS) is 22.0. The van der Waals surface area contributed by atoms with Gasteiger partial charge in [0.15, 0.2) is 0 Å². The maximum atomic E-state index is 14.4. The fraction of sp³-hybridized carbons (Fsp3) is 0.615. The molecule has 3 rings (SSSR count). The molecule has 0 saturated heterocycles. The Morgan fingerprint density at radius 1 is 1.12 bits per heavy atom. The van der Waals surface area contributed by atoms with Gasteiger partial charge in [0.25, 0.3) is 0 Å². The van der Waals surface area contributed by atoms with Crippen LogP contribution in [0.15, 0.2) is 24.3 Å². The Balaban J connectivity index is 1.39. The Bertz CT molecular complexity index is 879. The summed E-state index contributed by atoms with van der Waals surface area (Å²) < 4.78 is 53.4. The molecule has 3 nitrogen and oxygen atoms in total. The van der Waals surface area contributed by atoms with Crippen molar-refractivity contribution in [1.29, 1.82) is 5.26 Å². The second kappa shape index (κ2) is 11.8. The molecule has 1 aromatic rings. The molecule has 0 atom stereocenters. The Hall–Kier alpha value is -2.20. The van der Waals surface area contributed by atoms with Gasteiger partial charge < -0.3 is 0 Å². The van der Waals surface area contributed by atoms with Crippen LogP contribution in [0.25, 0.3) is 5.57 Å². The first-order valence-corrected chi connectivity index (χ1v) is 11.9. The number of carbonyl (C=O) groups excluding carboxylic acids is 1. The number of Topliss-reactive ketones (excluding diaryl/α,β-unsaturated/α-hetero) is 1. The second-order valence-corrected chi connectivity index (χ2v) is 9.39. The summed E-state index contributed by atoms with van der Waals surface area (Å²) in [6, 6.07) is 5.41. The van der Waals surface area contributed by atoms with Crippen LogP contribution < -0.4 is 0 Å². The van der Waals surface area contributed by atoms with Gasteiger partial charge in [-0.2, -0.15) is 18.4 Å². The first-order valence-electron chi connectivity index (χ1n) is 11.9. The molecule has 180 valence electrons. The van der Waals surface area contributed by atoms with E-state index in [2.05, 4.69) is 4.90 Å². The van der Waals surface area contributed by atoms with E-state index in [-0.39, 0.29) is 17.8 Å². The minimum atomic E-state index is -4.69. The van der Waals surface area contributed by atoms with E-state index in [4.69, 9.17) is 5.26 Å². The lowest BCUT2D eigenvalue weighted by Gasteiger charge is -2.32. The molecule has 0 bridgehead atoms. The van der Waals surface area contributed by atoms with Crippen molar-refractivity contribution in [1.82, 2.24) is 4.90 Å². The van der Waals surface area contributed by atoms with Gasteiger partial charge >= 0.3 is 6.18 Å². The van der Waals surface area contributed by atoms with Crippen molar-refractivity contribution in [3.05, 3.63) is 41.2 Å². The highest BCUT2D eigenvalue weighted by Gasteiger charge is 2.35. The molecule has 1 aromatic carbocycles. The molecular formula is C26H32F4N2O. The zero-order chi connectivity index (χ0) is 23.8. The lowest BCUT2D eigenvalue weighted by Crippen LogP contribution is -2.31. The predicted molar refractivity (Wildman–Crippen MR) is 120 cm³/mol. The number of rotatable bonds is 9. The molecule has 33 heavy (non-hydrogen) atoms. The Morgan fingerprint density at radius 3 is 2.42 bits per heavy atom. The number of hydrogen-bond acceptors (Lipinski definition) is 3. The first kappa shape index (κ1) is 25.4. The molecule has 1 heterocycles. The van der Waals surface area contributed by atoms with E-state index in [1.54, 1.807) is 0 Å². The van der Waals surface area contributed by atoms with E-state index >= 15 is 0 Å². The molecule has 0 spiro atoms. The van der Waals surface area contributed by atoms with Crippen LogP contribution in [0.3, 0.4) is 0 Å². The number of ketones is 1. The SMILES string of the molecule is N#CCC(=O)CCCC1CCC(CCN2CC=C(c3cccc(C(F)(F)F)c3F)CC2)CC1. The van der Waals surface area contributed by atoms with Crippen LogP contribution >= 0.6 is 0 Å². The van der Waals surface area contributed by atoms with Gasteiger partial charge in [-0.15, -0.1) is 0 Å². The highest BCUT2D eigenvalue weighted by molar-refractivity contribution is 5.80. The summed E-state index contributed by atoms with van der Waals surface area (Å²) in [5, 5.41) is 8.54. The van der Waals surface area contributed by atoms with Crippen LogP contribution in [0.2, 0.25) is 0 Å².